The van der Waals surface area contributed by atoms with Gasteiger partial charge in [0.05, 0.1) is 30.0 Å². The lowest BCUT2D eigenvalue weighted by atomic mass is 10.1. The molecule has 0 fully saturated rings. The molecular weight excluding hydrogens is 494 g/mol. The fourth-order valence-corrected chi connectivity index (χ4v) is 6.20. The number of benzene rings is 3. The first-order valence-corrected chi connectivity index (χ1v) is 11.2. The molecule has 0 saturated heterocycles. The van der Waals surface area contributed by atoms with Crippen molar-refractivity contribution in [2.75, 3.05) is 0 Å². The highest BCUT2D eigenvalue weighted by Gasteiger charge is 2.21. The Labute approximate surface area is 187 Å². The summed E-state index contributed by atoms with van der Waals surface area (Å²) in [6.07, 6.45) is 0. The SMILES string of the molecule is O=S=C(Sc1ccc2ccccc2c1)Sc1c(Cl)c(Cl)c(Cl)c(Cl)c1Cl. The largest absolute Gasteiger partial charge is 0.211 e. The highest BCUT2D eigenvalue weighted by Crippen LogP contribution is 2.49. The Morgan fingerprint density at radius 2 is 1.27 bits per heavy atom. The van der Waals surface area contributed by atoms with Crippen molar-refractivity contribution in [1.29, 1.82) is 0 Å². The van der Waals surface area contributed by atoms with Crippen molar-refractivity contribution in [3.63, 3.8) is 0 Å². The fraction of sp³-hybridized carbons (Fsp3) is 0. The Hall–Kier alpha value is -0.0400. The van der Waals surface area contributed by atoms with E-state index in [1.54, 1.807) is 0 Å². The molecule has 0 spiro atoms. The van der Waals surface area contributed by atoms with Gasteiger partial charge in [0.2, 0.25) is 0 Å². The minimum Gasteiger partial charge on any atom is -0.211 e. The Balaban J connectivity index is 1.92. The minimum absolute atomic E-state index is 0.0891. The zero-order valence-corrected chi connectivity index (χ0v) is 18.8. The lowest BCUT2D eigenvalue weighted by Crippen LogP contribution is -1.90. The lowest BCUT2D eigenvalue weighted by Gasteiger charge is -2.12. The summed E-state index contributed by atoms with van der Waals surface area (Å²) >= 11 is 33.5. The highest BCUT2D eigenvalue weighted by molar-refractivity contribution is 8.45. The van der Waals surface area contributed by atoms with E-state index < -0.39 is 0 Å². The summed E-state index contributed by atoms with van der Waals surface area (Å²) in [6, 6.07) is 14.0. The van der Waals surface area contributed by atoms with Crippen LogP contribution in [0, 0.1) is 0 Å². The van der Waals surface area contributed by atoms with E-state index in [2.05, 4.69) is 0 Å². The molecule has 0 unspecified atom stereocenters. The topological polar surface area (TPSA) is 17.1 Å². The van der Waals surface area contributed by atoms with Crippen LogP contribution in [0.2, 0.25) is 25.1 Å². The van der Waals surface area contributed by atoms with Crippen LogP contribution in [0.1, 0.15) is 0 Å². The zero-order chi connectivity index (χ0) is 18.8. The molecule has 0 bridgehead atoms. The van der Waals surface area contributed by atoms with Crippen LogP contribution in [-0.4, -0.2) is 7.74 Å². The molecule has 0 aromatic heterocycles. The molecule has 0 atom stereocenters. The van der Waals surface area contributed by atoms with Gasteiger partial charge in [-0.15, -0.1) is 0 Å². The molecule has 3 aromatic rings. The second kappa shape index (κ2) is 8.97. The van der Waals surface area contributed by atoms with Crippen LogP contribution >= 0.6 is 81.5 Å². The van der Waals surface area contributed by atoms with Gasteiger partial charge >= 0.3 is 0 Å². The second-order valence-electron chi connectivity index (χ2n) is 4.95. The summed E-state index contributed by atoms with van der Waals surface area (Å²) in [4.78, 5) is 1.33. The maximum Gasteiger partial charge on any atom is 0.144 e. The predicted molar refractivity (Wildman–Crippen MR) is 120 cm³/mol. The van der Waals surface area contributed by atoms with Gasteiger partial charge < -0.3 is 0 Å². The normalized spacial score (nSPS) is 11.0. The summed E-state index contributed by atoms with van der Waals surface area (Å²) in [5, 5.41) is 2.86. The molecule has 0 heterocycles. The Morgan fingerprint density at radius 3 is 1.88 bits per heavy atom. The molecular formula is C17H7Cl5OS3. The quantitative estimate of drug-likeness (QED) is 0.152. The Morgan fingerprint density at radius 1 is 0.692 bits per heavy atom. The first-order valence-electron chi connectivity index (χ1n) is 6.95. The van der Waals surface area contributed by atoms with Gasteiger partial charge in [0, 0.05) is 4.90 Å². The molecule has 0 N–H and O–H groups in total. The third-order valence-electron chi connectivity index (χ3n) is 3.35. The zero-order valence-electron chi connectivity index (χ0n) is 12.6. The molecule has 26 heavy (non-hydrogen) atoms. The van der Waals surface area contributed by atoms with Gasteiger partial charge in [-0.1, -0.05) is 112 Å². The number of fused-ring (bicyclic) bond motifs is 1. The van der Waals surface area contributed by atoms with Crippen molar-refractivity contribution >= 4 is 107 Å². The van der Waals surface area contributed by atoms with Gasteiger partial charge in [-0.25, -0.2) is 4.21 Å². The number of thioether (sulfide) groups is 2. The second-order valence-corrected chi connectivity index (χ2v) is 10.3. The summed E-state index contributed by atoms with van der Waals surface area (Å²) in [5.74, 6) is 0. The first kappa shape index (κ1) is 20.7. The van der Waals surface area contributed by atoms with Gasteiger partial charge in [-0.3, -0.25) is 0 Å². The van der Waals surface area contributed by atoms with Gasteiger partial charge in [0.25, 0.3) is 0 Å². The third kappa shape index (κ3) is 4.34. The van der Waals surface area contributed by atoms with E-state index in [0.29, 0.717) is 19.7 Å². The minimum atomic E-state index is 0.0891. The third-order valence-corrected chi connectivity index (χ3v) is 8.83. The van der Waals surface area contributed by atoms with E-state index in [1.807, 2.05) is 42.5 Å². The van der Waals surface area contributed by atoms with Gasteiger partial charge in [0.15, 0.2) is 0 Å². The summed E-state index contributed by atoms with van der Waals surface area (Å²) < 4.78 is 12.1. The Bertz CT molecular complexity index is 1030. The molecule has 0 aliphatic carbocycles. The maximum atomic E-state index is 11.6. The molecule has 1 nitrogen and oxygen atoms in total. The summed E-state index contributed by atoms with van der Waals surface area (Å²) in [5.41, 5.74) is 0. The van der Waals surface area contributed by atoms with Gasteiger partial charge in [-0.2, -0.15) is 0 Å². The van der Waals surface area contributed by atoms with E-state index >= 15 is 0 Å². The fourth-order valence-electron chi connectivity index (χ4n) is 2.14. The molecule has 0 radical (unpaired) electrons. The average molecular weight is 501 g/mol. The molecule has 3 rings (SSSR count). The lowest BCUT2D eigenvalue weighted by molar-refractivity contribution is 0.701. The van der Waals surface area contributed by atoms with E-state index in [4.69, 9.17) is 58.0 Å². The molecule has 0 aliphatic heterocycles. The standard InChI is InChI=1S/C17H7Cl5OS3/c18-11-12(19)14(21)16(15(22)13(11)20)25-17(26-23)24-10-6-5-8-3-1-2-4-9(8)7-10/h1-7H. The van der Waals surface area contributed by atoms with Crippen molar-refractivity contribution in [3.05, 3.63) is 67.6 Å². The smallest absolute Gasteiger partial charge is 0.144 e. The van der Waals surface area contributed by atoms with E-state index in [0.717, 1.165) is 27.4 Å². The van der Waals surface area contributed by atoms with Crippen LogP contribution in [0.4, 0.5) is 0 Å². The highest BCUT2D eigenvalue weighted by atomic mass is 35.5. The molecule has 134 valence electrons. The van der Waals surface area contributed by atoms with Crippen LogP contribution in [0.5, 0.6) is 0 Å². The van der Waals surface area contributed by atoms with E-state index in [1.165, 1.54) is 11.8 Å². The van der Waals surface area contributed by atoms with Gasteiger partial charge in [-0.05, 0) is 22.9 Å². The van der Waals surface area contributed by atoms with Gasteiger partial charge in [0.1, 0.15) is 14.8 Å². The first-order chi connectivity index (χ1) is 12.4. The van der Waals surface area contributed by atoms with E-state index in [-0.39, 0.29) is 25.1 Å². The van der Waals surface area contributed by atoms with Crippen molar-refractivity contribution in [2.45, 2.75) is 9.79 Å². The van der Waals surface area contributed by atoms with Crippen molar-refractivity contribution < 1.29 is 4.21 Å². The Kier molecular flexibility index (Phi) is 7.14. The molecule has 3 aromatic carbocycles. The van der Waals surface area contributed by atoms with E-state index in [9.17, 15) is 4.21 Å². The number of halogens is 5. The molecule has 0 saturated carbocycles. The average Bonchev–Trinajstić information content (AvgIpc) is 2.67. The maximum absolute atomic E-state index is 11.6. The van der Waals surface area contributed by atoms with Crippen molar-refractivity contribution in [2.24, 2.45) is 0 Å². The number of rotatable bonds is 2. The van der Waals surface area contributed by atoms with Crippen LogP contribution < -0.4 is 0 Å². The summed E-state index contributed by atoms with van der Waals surface area (Å²) in [7, 11) is 0. The monoisotopic (exact) mass is 498 g/mol. The van der Waals surface area contributed by atoms with Crippen LogP contribution in [0.15, 0.2) is 52.3 Å². The predicted octanol–water partition coefficient (Wildman–Crippen LogP) is 8.29. The van der Waals surface area contributed by atoms with Crippen LogP contribution in [-0.2, 0) is 11.3 Å². The molecule has 0 aliphatic rings. The van der Waals surface area contributed by atoms with Crippen molar-refractivity contribution in [1.82, 2.24) is 0 Å². The summed E-state index contributed by atoms with van der Waals surface area (Å²) in [6.45, 7) is 0. The van der Waals surface area contributed by atoms with Crippen LogP contribution in [0.3, 0.4) is 0 Å². The molecule has 0 amide bonds. The number of hydrogen-bond donors (Lipinski definition) is 0. The number of hydrogen-bond acceptors (Lipinski definition) is 3. The van der Waals surface area contributed by atoms with Crippen LogP contribution in [0.25, 0.3) is 10.8 Å². The van der Waals surface area contributed by atoms with Crippen molar-refractivity contribution in [3.8, 4) is 0 Å². The molecule has 9 heteroatoms.